The third-order valence-electron chi connectivity index (χ3n) is 2.50. The molecule has 0 saturated carbocycles. The van der Waals surface area contributed by atoms with Crippen molar-refractivity contribution in [2.24, 2.45) is 5.84 Å². The minimum atomic E-state index is 0.0539. The number of benzene rings is 2. The van der Waals surface area contributed by atoms with Crippen LogP contribution in [0.5, 0.6) is 0 Å². The lowest BCUT2D eigenvalue weighted by molar-refractivity contribution is 0.637. The number of hydrogen-bond acceptors (Lipinski definition) is 2. The van der Waals surface area contributed by atoms with E-state index < -0.39 is 0 Å². The van der Waals surface area contributed by atoms with Crippen LogP contribution in [0, 0.1) is 3.57 Å². The summed E-state index contributed by atoms with van der Waals surface area (Å²) in [7, 11) is 0. The maximum Gasteiger partial charge on any atom is 0.0710 e. The molecule has 0 saturated heterocycles. The molecule has 2 nitrogen and oxygen atoms in total. The van der Waals surface area contributed by atoms with Gasteiger partial charge in [0.15, 0.2) is 0 Å². The predicted molar refractivity (Wildman–Crippen MR) is 74.8 cm³/mol. The Kier molecular flexibility index (Phi) is 3.93. The molecule has 0 spiro atoms. The lowest BCUT2D eigenvalue weighted by atomic mass is 10.00. The van der Waals surface area contributed by atoms with Crippen LogP contribution in [0.25, 0.3) is 0 Å². The molecule has 0 aromatic heterocycles. The normalized spacial score (nSPS) is 12.4. The molecular weight excluding hydrogens is 311 g/mol. The van der Waals surface area contributed by atoms with Crippen LogP contribution in [0.15, 0.2) is 54.6 Å². The molecule has 0 amide bonds. The first-order valence-electron chi connectivity index (χ1n) is 5.08. The first-order chi connectivity index (χ1) is 7.81. The SMILES string of the molecule is NNC(c1ccccc1)c1ccc(I)cc1. The molecular formula is C13H13IN2. The topological polar surface area (TPSA) is 38.0 Å². The Morgan fingerprint density at radius 2 is 1.44 bits per heavy atom. The fourth-order valence-electron chi connectivity index (χ4n) is 1.69. The maximum absolute atomic E-state index is 5.62. The van der Waals surface area contributed by atoms with Crippen molar-refractivity contribution >= 4 is 22.6 Å². The Hall–Kier alpha value is -0.910. The van der Waals surface area contributed by atoms with Crippen molar-refractivity contribution in [2.75, 3.05) is 0 Å². The van der Waals surface area contributed by atoms with E-state index in [1.165, 1.54) is 14.7 Å². The predicted octanol–water partition coefficient (Wildman–Crippen LogP) is 2.84. The third kappa shape index (κ3) is 2.61. The molecule has 1 unspecified atom stereocenters. The highest BCUT2D eigenvalue weighted by atomic mass is 127. The molecule has 82 valence electrons. The largest absolute Gasteiger partial charge is 0.271 e. The number of hydrazine groups is 1. The van der Waals surface area contributed by atoms with Crippen molar-refractivity contribution in [3.05, 3.63) is 69.3 Å². The average Bonchev–Trinajstić information content (AvgIpc) is 2.34. The first-order valence-corrected chi connectivity index (χ1v) is 6.15. The van der Waals surface area contributed by atoms with Gasteiger partial charge in [-0.15, -0.1) is 0 Å². The van der Waals surface area contributed by atoms with Crippen molar-refractivity contribution in [1.82, 2.24) is 5.43 Å². The molecule has 2 aromatic carbocycles. The zero-order chi connectivity index (χ0) is 11.4. The van der Waals surface area contributed by atoms with Crippen molar-refractivity contribution in [2.45, 2.75) is 6.04 Å². The van der Waals surface area contributed by atoms with Gasteiger partial charge in [-0.1, -0.05) is 42.5 Å². The summed E-state index contributed by atoms with van der Waals surface area (Å²) in [5.74, 6) is 5.62. The molecule has 0 radical (unpaired) electrons. The lowest BCUT2D eigenvalue weighted by Gasteiger charge is -2.16. The Balaban J connectivity index is 2.33. The summed E-state index contributed by atoms with van der Waals surface area (Å²) in [6, 6.07) is 18.6. The summed E-state index contributed by atoms with van der Waals surface area (Å²) in [5.41, 5.74) is 5.20. The standard InChI is InChI=1S/C13H13IN2/c14-12-8-6-11(7-9-12)13(16-15)10-4-2-1-3-5-10/h1-9,13,16H,15H2. The van der Waals surface area contributed by atoms with E-state index in [2.05, 4.69) is 64.4 Å². The van der Waals surface area contributed by atoms with Gasteiger partial charge in [0.05, 0.1) is 6.04 Å². The Bertz CT molecular complexity index is 439. The first kappa shape index (κ1) is 11.6. The molecule has 3 heteroatoms. The molecule has 2 aromatic rings. The van der Waals surface area contributed by atoms with Crippen LogP contribution in [0.4, 0.5) is 0 Å². The molecule has 0 heterocycles. The molecule has 0 aliphatic rings. The minimum Gasteiger partial charge on any atom is -0.271 e. The van der Waals surface area contributed by atoms with Crippen LogP contribution >= 0.6 is 22.6 Å². The van der Waals surface area contributed by atoms with Gasteiger partial charge in [0.25, 0.3) is 0 Å². The van der Waals surface area contributed by atoms with Crippen LogP contribution < -0.4 is 11.3 Å². The molecule has 2 rings (SSSR count). The summed E-state index contributed by atoms with van der Waals surface area (Å²) in [6.07, 6.45) is 0. The number of rotatable bonds is 3. The molecule has 0 bridgehead atoms. The second-order valence-electron chi connectivity index (χ2n) is 3.56. The number of hydrogen-bond donors (Lipinski definition) is 2. The van der Waals surface area contributed by atoms with E-state index in [0.717, 1.165) is 0 Å². The summed E-state index contributed by atoms with van der Waals surface area (Å²) < 4.78 is 1.23. The van der Waals surface area contributed by atoms with Gasteiger partial charge in [-0.3, -0.25) is 5.84 Å². The zero-order valence-corrected chi connectivity index (χ0v) is 10.9. The van der Waals surface area contributed by atoms with Gasteiger partial charge in [0, 0.05) is 3.57 Å². The average molecular weight is 324 g/mol. The van der Waals surface area contributed by atoms with Crippen LogP contribution in [0.2, 0.25) is 0 Å². The molecule has 0 aliphatic carbocycles. The van der Waals surface area contributed by atoms with Gasteiger partial charge in [0.2, 0.25) is 0 Å². The van der Waals surface area contributed by atoms with Gasteiger partial charge in [-0.05, 0) is 45.9 Å². The highest BCUT2D eigenvalue weighted by molar-refractivity contribution is 14.1. The van der Waals surface area contributed by atoms with E-state index in [-0.39, 0.29) is 6.04 Å². The van der Waals surface area contributed by atoms with Crippen LogP contribution in [0.3, 0.4) is 0 Å². The number of nitrogens with one attached hydrogen (secondary N) is 1. The van der Waals surface area contributed by atoms with Crippen LogP contribution in [-0.2, 0) is 0 Å². The molecule has 0 aliphatic heterocycles. The molecule has 16 heavy (non-hydrogen) atoms. The highest BCUT2D eigenvalue weighted by Gasteiger charge is 2.10. The van der Waals surface area contributed by atoms with Crippen molar-refractivity contribution < 1.29 is 0 Å². The van der Waals surface area contributed by atoms with Crippen molar-refractivity contribution in [3.8, 4) is 0 Å². The van der Waals surface area contributed by atoms with Crippen molar-refractivity contribution in [3.63, 3.8) is 0 Å². The lowest BCUT2D eigenvalue weighted by Crippen LogP contribution is -2.28. The third-order valence-corrected chi connectivity index (χ3v) is 3.22. The molecule has 1 atom stereocenters. The summed E-state index contributed by atoms with van der Waals surface area (Å²) in [5, 5.41) is 0. The maximum atomic E-state index is 5.62. The fraction of sp³-hybridized carbons (Fsp3) is 0.0769. The van der Waals surface area contributed by atoms with Gasteiger partial charge in [-0.2, -0.15) is 0 Å². The minimum absolute atomic E-state index is 0.0539. The van der Waals surface area contributed by atoms with E-state index in [4.69, 9.17) is 5.84 Å². The van der Waals surface area contributed by atoms with Gasteiger partial charge >= 0.3 is 0 Å². The second-order valence-corrected chi connectivity index (χ2v) is 4.81. The van der Waals surface area contributed by atoms with Crippen molar-refractivity contribution in [1.29, 1.82) is 0 Å². The smallest absolute Gasteiger partial charge is 0.0710 e. The van der Waals surface area contributed by atoms with Gasteiger partial charge in [0.1, 0.15) is 0 Å². The summed E-state index contributed by atoms with van der Waals surface area (Å²) >= 11 is 2.30. The zero-order valence-electron chi connectivity index (χ0n) is 8.73. The van der Waals surface area contributed by atoms with Crippen LogP contribution in [-0.4, -0.2) is 0 Å². The van der Waals surface area contributed by atoms with E-state index in [9.17, 15) is 0 Å². The van der Waals surface area contributed by atoms with E-state index in [1.807, 2.05) is 18.2 Å². The quantitative estimate of drug-likeness (QED) is 0.518. The Morgan fingerprint density at radius 3 is 2.00 bits per heavy atom. The Labute approximate surface area is 109 Å². The number of halogens is 1. The molecule has 0 fully saturated rings. The van der Waals surface area contributed by atoms with Gasteiger partial charge < -0.3 is 0 Å². The highest BCUT2D eigenvalue weighted by Crippen LogP contribution is 2.21. The van der Waals surface area contributed by atoms with E-state index in [1.54, 1.807) is 0 Å². The van der Waals surface area contributed by atoms with E-state index in [0.29, 0.717) is 0 Å². The Morgan fingerprint density at radius 1 is 0.875 bits per heavy atom. The summed E-state index contributed by atoms with van der Waals surface area (Å²) in [6.45, 7) is 0. The fourth-order valence-corrected chi connectivity index (χ4v) is 2.05. The molecule has 3 N–H and O–H groups in total. The second kappa shape index (κ2) is 5.43. The van der Waals surface area contributed by atoms with Crippen LogP contribution in [0.1, 0.15) is 17.2 Å². The summed E-state index contributed by atoms with van der Waals surface area (Å²) in [4.78, 5) is 0. The monoisotopic (exact) mass is 324 g/mol. The van der Waals surface area contributed by atoms with E-state index >= 15 is 0 Å². The van der Waals surface area contributed by atoms with Gasteiger partial charge in [-0.25, -0.2) is 5.43 Å². The number of nitrogens with two attached hydrogens (primary N) is 1.